The molecule has 1 atom stereocenters. The molecule has 1 unspecified atom stereocenters. The molecule has 19 heavy (non-hydrogen) atoms. The van der Waals surface area contributed by atoms with Gasteiger partial charge in [0.25, 0.3) is 0 Å². The molecular weight excluding hydrogens is 272 g/mol. The maximum atomic E-state index is 6.57. The molecule has 2 aromatic rings. The summed E-state index contributed by atoms with van der Waals surface area (Å²) in [5.74, 6) is 0. The Morgan fingerprint density at radius 1 is 1.05 bits per heavy atom. The summed E-state index contributed by atoms with van der Waals surface area (Å²) in [5.41, 5.74) is 2.61. The van der Waals surface area contributed by atoms with Crippen molar-refractivity contribution >= 4 is 22.9 Å². The number of alkyl halides is 1. The van der Waals surface area contributed by atoms with Gasteiger partial charge in [0.15, 0.2) is 0 Å². The third-order valence-electron chi connectivity index (χ3n) is 3.37. The molecule has 2 rings (SSSR count). The molecule has 102 valence electrons. The summed E-state index contributed by atoms with van der Waals surface area (Å²) in [6.45, 7) is 4.41. The number of hydrogen-bond acceptors (Lipinski definition) is 1. The predicted octanol–water partition coefficient (Wildman–Crippen LogP) is 5.98. The van der Waals surface area contributed by atoms with Crippen LogP contribution in [-0.2, 0) is 12.8 Å². The average molecular weight is 293 g/mol. The maximum absolute atomic E-state index is 6.57. The lowest BCUT2D eigenvalue weighted by Gasteiger charge is -2.09. The Bertz CT molecular complexity index is 498. The van der Waals surface area contributed by atoms with E-state index in [4.69, 9.17) is 11.6 Å². The average Bonchev–Trinajstić information content (AvgIpc) is 2.94. The van der Waals surface area contributed by atoms with Gasteiger partial charge < -0.3 is 0 Å². The highest BCUT2D eigenvalue weighted by atomic mass is 35.5. The largest absolute Gasteiger partial charge is 0.143 e. The first kappa shape index (κ1) is 14.6. The molecule has 0 fully saturated rings. The molecule has 0 aliphatic rings. The molecule has 1 aromatic heterocycles. The number of halogens is 1. The summed E-state index contributed by atoms with van der Waals surface area (Å²) in [6.07, 6.45) is 4.76. The van der Waals surface area contributed by atoms with Gasteiger partial charge in [-0.2, -0.15) is 0 Å². The third kappa shape index (κ3) is 3.84. The van der Waals surface area contributed by atoms with E-state index in [2.05, 4.69) is 50.2 Å². The van der Waals surface area contributed by atoms with E-state index in [1.165, 1.54) is 40.1 Å². The van der Waals surface area contributed by atoms with Crippen molar-refractivity contribution in [1.29, 1.82) is 0 Å². The van der Waals surface area contributed by atoms with Crippen LogP contribution in [-0.4, -0.2) is 0 Å². The Morgan fingerprint density at radius 2 is 1.79 bits per heavy atom. The van der Waals surface area contributed by atoms with Crippen LogP contribution in [0.4, 0.5) is 0 Å². The van der Waals surface area contributed by atoms with Crippen LogP contribution in [0.5, 0.6) is 0 Å². The van der Waals surface area contributed by atoms with Crippen molar-refractivity contribution in [1.82, 2.24) is 0 Å². The van der Waals surface area contributed by atoms with Gasteiger partial charge >= 0.3 is 0 Å². The normalized spacial score (nSPS) is 12.6. The van der Waals surface area contributed by atoms with Gasteiger partial charge in [-0.1, -0.05) is 44.5 Å². The molecule has 0 aliphatic carbocycles. The first-order chi connectivity index (χ1) is 9.24. The fraction of sp³-hybridized carbons (Fsp3) is 0.412. The van der Waals surface area contributed by atoms with E-state index in [0.717, 1.165) is 6.42 Å². The minimum absolute atomic E-state index is 0.00877. The van der Waals surface area contributed by atoms with Crippen LogP contribution < -0.4 is 0 Å². The van der Waals surface area contributed by atoms with Crippen LogP contribution in [0.25, 0.3) is 0 Å². The Kier molecular flexibility index (Phi) is 5.47. The molecule has 0 saturated carbocycles. The lowest BCUT2D eigenvalue weighted by Crippen LogP contribution is -1.91. The zero-order chi connectivity index (χ0) is 13.7. The first-order valence-electron chi connectivity index (χ1n) is 7.06. The molecule has 0 radical (unpaired) electrons. The Morgan fingerprint density at radius 3 is 2.37 bits per heavy atom. The van der Waals surface area contributed by atoms with E-state index in [0.29, 0.717) is 0 Å². The molecule has 0 nitrogen and oxygen atoms in total. The molecule has 0 N–H and O–H groups in total. The van der Waals surface area contributed by atoms with E-state index >= 15 is 0 Å². The highest BCUT2D eigenvalue weighted by Gasteiger charge is 2.12. The maximum Gasteiger partial charge on any atom is 0.0927 e. The minimum Gasteiger partial charge on any atom is -0.143 e. The van der Waals surface area contributed by atoms with E-state index in [1.807, 2.05) is 11.3 Å². The van der Waals surface area contributed by atoms with Gasteiger partial charge in [-0.3, -0.25) is 0 Å². The van der Waals surface area contributed by atoms with Gasteiger partial charge in [0.05, 0.1) is 5.38 Å². The van der Waals surface area contributed by atoms with Crippen molar-refractivity contribution in [3.05, 3.63) is 57.3 Å². The zero-order valence-corrected chi connectivity index (χ0v) is 13.2. The summed E-state index contributed by atoms with van der Waals surface area (Å²) in [7, 11) is 0. The van der Waals surface area contributed by atoms with Gasteiger partial charge in [0.2, 0.25) is 0 Å². The molecule has 0 spiro atoms. The minimum atomic E-state index is -0.00877. The molecule has 1 aromatic carbocycles. The Labute approximate surface area is 125 Å². The SMILES string of the molecule is CCCCc1ccc(C(Cl)c2ccc(CC)s2)cc1. The summed E-state index contributed by atoms with van der Waals surface area (Å²) < 4.78 is 0. The van der Waals surface area contributed by atoms with E-state index in [1.54, 1.807) is 0 Å². The number of hydrogen-bond donors (Lipinski definition) is 0. The van der Waals surface area contributed by atoms with Crippen LogP contribution in [0, 0.1) is 0 Å². The second kappa shape index (κ2) is 7.12. The molecule has 1 heterocycles. The van der Waals surface area contributed by atoms with Crippen molar-refractivity contribution in [3.63, 3.8) is 0 Å². The molecule has 0 amide bonds. The van der Waals surface area contributed by atoms with Gasteiger partial charge in [0, 0.05) is 9.75 Å². The Balaban J connectivity index is 2.08. The van der Waals surface area contributed by atoms with Crippen molar-refractivity contribution in [2.24, 2.45) is 0 Å². The zero-order valence-electron chi connectivity index (χ0n) is 11.7. The van der Waals surface area contributed by atoms with Crippen LogP contribution in [0.1, 0.15) is 52.9 Å². The van der Waals surface area contributed by atoms with Crippen LogP contribution >= 0.6 is 22.9 Å². The van der Waals surface area contributed by atoms with E-state index in [9.17, 15) is 0 Å². The summed E-state index contributed by atoms with van der Waals surface area (Å²) >= 11 is 8.39. The fourth-order valence-electron chi connectivity index (χ4n) is 2.12. The van der Waals surface area contributed by atoms with Crippen molar-refractivity contribution in [3.8, 4) is 0 Å². The molecular formula is C17H21ClS. The lowest BCUT2D eigenvalue weighted by molar-refractivity contribution is 0.794. The standard InChI is InChI=1S/C17H21ClS/c1-3-5-6-13-7-9-14(10-8-13)17(18)16-12-11-15(4-2)19-16/h7-12,17H,3-6H2,1-2H3. The van der Waals surface area contributed by atoms with Crippen molar-refractivity contribution in [2.75, 3.05) is 0 Å². The van der Waals surface area contributed by atoms with E-state index in [-0.39, 0.29) is 5.38 Å². The van der Waals surface area contributed by atoms with E-state index < -0.39 is 0 Å². The van der Waals surface area contributed by atoms with Crippen molar-refractivity contribution in [2.45, 2.75) is 44.9 Å². The summed E-state index contributed by atoms with van der Waals surface area (Å²) in [6, 6.07) is 13.1. The molecule has 0 saturated heterocycles. The smallest absolute Gasteiger partial charge is 0.0927 e. The second-order valence-corrected chi connectivity index (χ2v) is 6.50. The van der Waals surface area contributed by atoms with Gasteiger partial charge in [-0.05, 0) is 42.5 Å². The second-order valence-electron chi connectivity index (χ2n) is 4.87. The molecule has 0 bridgehead atoms. The predicted molar refractivity (Wildman–Crippen MR) is 86.4 cm³/mol. The van der Waals surface area contributed by atoms with Crippen LogP contribution in [0.2, 0.25) is 0 Å². The number of rotatable bonds is 6. The van der Waals surface area contributed by atoms with Crippen LogP contribution in [0.15, 0.2) is 36.4 Å². The topological polar surface area (TPSA) is 0 Å². The van der Waals surface area contributed by atoms with Gasteiger partial charge in [-0.15, -0.1) is 22.9 Å². The highest BCUT2D eigenvalue weighted by molar-refractivity contribution is 7.12. The van der Waals surface area contributed by atoms with Crippen molar-refractivity contribution < 1.29 is 0 Å². The molecule has 0 aliphatic heterocycles. The van der Waals surface area contributed by atoms with Gasteiger partial charge in [0.1, 0.15) is 0 Å². The first-order valence-corrected chi connectivity index (χ1v) is 8.31. The monoisotopic (exact) mass is 292 g/mol. The fourth-order valence-corrected chi connectivity index (χ4v) is 3.43. The van der Waals surface area contributed by atoms with Crippen LogP contribution in [0.3, 0.4) is 0 Å². The number of unbranched alkanes of at least 4 members (excludes halogenated alkanes) is 1. The highest BCUT2D eigenvalue weighted by Crippen LogP contribution is 2.34. The number of benzene rings is 1. The number of aryl methyl sites for hydroxylation is 2. The lowest BCUT2D eigenvalue weighted by atomic mass is 10.0. The quantitative estimate of drug-likeness (QED) is 0.574. The number of thiophene rings is 1. The molecule has 2 heteroatoms. The third-order valence-corrected chi connectivity index (χ3v) is 5.28. The van der Waals surface area contributed by atoms with Gasteiger partial charge in [-0.25, -0.2) is 0 Å². The Hall–Kier alpha value is -0.790. The summed E-state index contributed by atoms with van der Waals surface area (Å²) in [5, 5.41) is -0.00877. The summed E-state index contributed by atoms with van der Waals surface area (Å²) in [4.78, 5) is 2.65.